The summed E-state index contributed by atoms with van der Waals surface area (Å²) in [6.07, 6.45) is 8.89. The summed E-state index contributed by atoms with van der Waals surface area (Å²) in [5.74, 6) is 2.72. The largest absolute Gasteiger partial charge is 0.391 e. The van der Waals surface area contributed by atoms with Crippen molar-refractivity contribution in [1.82, 2.24) is 20.3 Å². The van der Waals surface area contributed by atoms with Crippen molar-refractivity contribution in [2.45, 2.75) is 95.6 Å². The number of β-amino-alcohol motifs (C(OH)–C–C–N with tert-alkyl or cyclic N) is 1. The Labute approximate surface area is 269 Å². The topological polar surface area (TPSA) is 86.6 Å². The van der Waals surface area contributed by atoms with Gasteiger partial charge in [-0.2, -0.15) is 0 Å². The van der Waals surface area contributed by atoms with Crippen LogP contribution in [0.4, 0.5) is 11.5 Å². The first-order valence-electron chi connectivity index (χ1n) is 17.2. The number of aromatic nitrogens is 3. The van der Waals surface area contributed by atoms with Crippen molar-refractivity contribution in [3.63, 3.8) is 0 Å². The molecule has 0 aliphatic carbocycles. The van der Waals surface area contributed by atoms with Crippen LogP contribution >= 0.6 is 0 Å². The average Bonchev–Trinajstić information content (AvgIpc) is 3.84. The first kappa shape index (κ1) is 31.9. The van der Waals surface area contributed by atoms with E-state index in [1.165, 1.54) is 16.8 Å². The van der Waals surface area contributed by atoms with E-state index < -0.39 is 0 Å². The van der Waals surface area contributed by atoms with Crippen LogP contribution in [0.15, 0.2) is 48.8 Å². The SMILES string of the molecule is CC(C)c1cc(CC(C)c2ccc(N3CC[C@@H](O)C3)cn2)cc(N2CCC(NCCC(C)c3ccc(C4CCOC4)cn3)C2)n1. The van der Waals surface area contributed by atoms with Crippen LogP contribution in [0.5, 0.6) is 0 Å². The van der Waals surface area contributed by atoms with Gasteiger partial charge in [-0.15, -0.1) is 0 Å². The highest BCUT2D eigenvalue weighted by molar-refractivity contribution is 5.47. The number of pyridine rings is 3. The fourth-order valence-corrected chi connectivity index (χ4v) is 7.01. The monoisotopic (exact) mass is 612 g/mol. The molecule has 0 radical (unpaired) electrons. The van der Waals surface area contributed by atoms with E-state index in [0.717, 1.165) is 94.4 Å². The molecule has 8 nitrogen and oxygen atoms in total. The maximum Gasteiger partial charge on any atom is 0.129 e. The third kappa shape index (κ3) is 8.02. The van der Waals surface area contributed by atoms with Crippen LogP contribution in [-0.4, -0.2) is 78.1 Å². The molecule has 3 aromatic rings. The van der Waals surface area contributed by atoms with Crippen molar-refractivity contribution >= 4 is 11.5 Å². The lowest BCUT2D eigenvalue weighted by Crippen LogP contribution is -2.34. The Hall–Kier alpha value is -3.07. The first-order valence-corrected chi connectivity index (χ1v) is 17.2. The van der Waals surface area contributed by atoms with Gasteiger partial charge in [0, 0.05) is 73.9 Å². The number of hydrogen-bond donors (Lipinski definition) is 2. The molecule has 6 heterocycles. The minimum Gasteiger partial charge on any atom is -0.391 e. The van der Waals surface area contributed by atoms with Gasteiger partial charge >= 0.3 is 0 Å². The lowest BCUT2D eigenvalue weighted by Gasteiger charge is -2.22. The van der Waals surface area contributed by atoms with Gasteiger partial charge < -0.3 is 25.0 Å². The molecule has 3 fully saturated rings. The third-order valence-corrected chi connectivity index (χ3v) is 10.1. The molecule has 0 spiro atoms. The molecular formula is C37H52N6O2. The summed E-state index contributed by atoms with van der Waals surface area (Å²) in [5, 5.41) is 13.7. The molecule has 5 atom stereocenters. The zero-order chi connectivity index (χ0) is 31.3. The fraction of sp³-hybridized carbons (Fsp3) is 0.595. The zero-order valence-electron chi connectivity index (χ0n) is 27.7. The summed E-state index contributed by atoms with van der Waals surface area (Å²) in [4.78, 5) is 19.4. The predicted octanol–water partition coefficient (Wildman–Crippen LogP) is 5.78. The zero-order valence-corrected chi connectivity index (χ0v) is 27.7. The van der Waals surface area contributed by atoms with Gasteiger partial charge in [0.1, 0.15) is 5.82 Å². The van der Waals surface area contributed by atoms with Gasteiger partial charge in [-0.1, -0.05) is 33.8 Å². The van der Waals surface area contributed by atoms with Gasteiger partial charge in [0.2, 0.25) is 0 Å². The molecule has 0 bridgehead atoms. The van der Waals surface area contributed by atoms with Crippen LogP contribution < -0.4 is 15.1 Å². The molecule has 45 heavy (non-hydrogen) atoms. The number of aliphatic hydroxyl groups is 1. The Bertz CT molecular complexity index is 1370. The third-order valence-electron chi connectivity index (χ3n) is 10.1. The number of nitrogens with one attached hydrogen (secondary N) is 1. The predicted molar refractivity (Wildman–Crippen MR) is 182 cm³/mol. The van der Waals surface area contributed by atoms with Crippen LogP contribution in [0.3, 0.4) is 0 Å². The molecular weight excluding hydrogens is 560 g/mol. The van der Waals surface area contributed by atoms with Gasteiger partial charge in [-0.05, 0) is 91.9 Å². The van der Waals surface area contributed by atoms with Crippen molar-refractivity contribution in [3.8, 4) is 0 Å². The molecule has 2 N–H and O–H groups in total. The second-order valence-electron chi connectivity index (χ2n) is 14.0. The smallest absolute Gasteiger partial charge is 0.129 e. The standard InChI is InChI=1S/C37H52N6O2/c1-25(2)36-18-28(17-27(4)35-8-6-32(21-40-35)42-15-11-33(44)23-42)19-37(41-36)43-14-10-31(22-43)38-13-9-26(3)34-7-5-29(20-39-34)30-12-16-45-24-30/h5-8,18-21,25-27,30-31,33,38,44H,9-17,22-24H2,1-4H3/t26?,27?,30?,31?,33-/m1/s1. The summed E-state index contributed by atoms with van der Waals surface area (Å²) < 4.78 is 5.55. The Morgan fingerprint density at radius 2 is 1.69 bits per heavy atom. The van der Waals surface area contributed by atoms with Gasteiger partial charge in [-0.25, -0.2) is 4.98 Å². The van der Waals surface area contributed by atoms with Crippen LogP contribution in [0.25, 0.3) is 0 Å². The van der Waals surface area contributed by atoms with E-state index in [-0.39, 0.29) is 6.10 Å². The van der Waals surface area contributed by atoms with Gasteiger partial charge in [0.25, 0.3) is 0 Å². The highest BCUT2D eigenvalue weighted by Gasteiger charge is 2.25. The van der Waals surface area contributed by atoms with Gasteiger partial charge in [0.05, 0.1) is 24.6 Å². The molecule has 6 rings (SSSR count). The van der Waals surface area contributed by atoms with Crippen molar-refractivity contribution in [2.24, 2.45) is 0 Å². The molecule has 3 aliphatic heterocycles. The Kier molecular flexibility index (Phi) is 10.3. The van der Waals surface area contributed by atoms with E-state index in [0.29, 0.717) is 36.3 Å². The fourth-order valence-electron chi connectivity index (χ4n) is 7.01. The highest BCUT2D eigenvalue weighted by atomic mass is 16.5. The van der Waals surface area contributed by atoms with Crippen molar-refractivity contribution < 1.29 is 9.84 Å². The van der Waals surface area contributed by atoms with E-state index in [2.05, 4.69) is 85.4 Å². The number of rotatable bonds is 12. The van der Waals surface area contributed by atoms with Crippen LogP contribution in [0.1, 0.15) is 105 Å². The van der Waals surface area contributed by atoms with Crippen LogP contribution in [0, 0.1) is 0 Å². The lowest BCUT2D eigenvalue weighted by atomic mass is 9.96. The minimum absolute atomic E-state index is 0.228. The summed E-state index contributed by atoms with van der Waals surface area (Å²) in [6, 6.07) is 13.9. The van der Waals surface area contributed by atoms with E-state index in [1.54, 1.807) is 0 Å². The van der Waals surface area contributed by atoms with Gasteiger partial charge in [-0.3, -0.25) is 9.97 Å². The summed E-state index contributed by atoms with van der Waals surface area (Å²) in [6.45, 7) is 15.3. The highest BCUT2D eigenvalue weighted by Crippen LogP contribution is 2.29. The molecule has 3 aromatic heterocycles. The summed E-state index contributed by atoms with van der Waals surface area (Å²) in [7, 11) is 0. The normalized spacial score (nSPS) is 23.3. The molecule has 3 saturated heterocycles. The van der Waals surface area contributed by atoms with E-state index >= 15 is 0 Å². The van der Waals surface area contributed by atoms with Crippen molar-refractivity contribution in [3.05, 3.63) is 77.0 Å². The maximum absolute atomic E-state index is 9.90. The van der Waals surface area contributed by atoms with E-state index in [1.807, 2.05) is 6.20 Å². The Morgan fingerprint density at radius 3 is 2.38 bits per heavy atom. The van der Waals surface area contributed by atoms with E-state index in [9.17, 15) is 5.11 Å². The molecule has 8 heteroatoms. The molecule has 0 amide bonds. The Morgan fingerprint density at radius 1 is 0.889 bits per heavy atom. The summed E-state index contributed by atoms with van der Waals surface area (Å²) in [5.41, 5.74) is 7.19. The summed E-state index contributed by atoms with van der Waals surface area (Å²) >= 11 is 0. The Balaban J connectivity index is 1.02. The first-order chi connectivity index (χ1) is 21.8. The number of anilines is 2. The minimum atomic E-state index is -0.228. The maximum atomic E-state index is 9.90. The van der Waals surface area contributed by atoms with Crippen molar-refractivity contribution in [1.29, 1.82) is 0 Å². The molecule has 242 valence electrons. The number of ether oxygens (including phenoxy) is 1. The number of hydrogen-bond acceptors (Lipinski definition) is 8. The van der Waals surface area contributed by atoms with E-state index in [4.69, 9.17) is 19.7 Å². The molecule has 0 saturated carbocycles. The quantitative estimate of drug-likeness (QED) is 0.266. The van der Waals surface area contributed by atoms with Crippen molar-refractivity contribution in [2.75, 3.05) is 55.7 Å². The van der Waals surface area contributed by atoms with Crippen LogP contribution in [0.2, 0.25) is 0 Å². The molecule has 0 aromatic carbocycles. The van der Waals surface area contributed by atoms with Gasteiger partial charge in [0.15, 0.2) is 0 Å². The molecule has 4 unspecified atom stereocenters. The number of nitrogens with zero attached hydrogens (tertiary/aromatic N) is 5. The average molecular weight is 613 g/mol. The second-order valence-corrected chi connectivity index (χ2v) is 14.0. The molecule has 3 aliphatic rings. The van der Waals surface area contributed by atoms with Crippen LogP contribution in [-0.2, 0) is 11.2 Å². The number of aliphatic hydroxyl groups excluding tert-OH is 1. The lowest BCUT2D eigenvalue weighted by molar-refractivity contribution is 0.194. The second kappa shape index (κ2) is 14.6.